The van der Waals surface area contributed by atoms with Crippen molar-refractivity contribution in [3.05, 3.63) is 29.0 Å². The third-order valence-corrected chi connectivity index (χ3v) is 2.54. The van der Waals surface area contributed by atoms with E-state index in [-0.39, 0.29) is 29.8 Å². The highest BCUT2D eigenvalue weighted by Crippen LogP contribution is 2.18. The smallest absolute Gasteiger partial charge is 0.313 e. The molecule has 1 aromatic carbocycles. The maximum atomic E-state index is 13.4. The van der Waals surface area contributed by atoms with E-state index >= 15 is 0 Å². The lowest BCUT2D eigenvalue weighted by Gasteiger charge is -2.10. The Bertz CT molecular complexity index is 482. The molecule has 0 heterocycles. The highest BCUT2D eigenvalue weighted by atomic mass is 35.5. The normalized spacial score (nSPS) is 11.8. The lowest BCUT2D eigenvalue weighted by Crippen LogP contribution is -2.38. The van der Waals surface area contributed by atoms with Crippen LogP contribution in [-0.4, -0.2) is 30.1 Å². The number of carbonyl (C=O) groups is 2. The molecule has 104 valence electrons. The number of benzene rings is 1. The number of hydrogen-bond acceptors (Lipinski definition) is 3. The van der Waals surface area contributed by atoms with Gasteiger partial charge < -0.3 is 15.7 Å². The van der Waals surface area contributed by atoms with E-state index in [9.17, 15) is 14.0 Å². The van der Waals surface area contributed by atoms with Crippen LogP contribution in [-0.2, 0) is 9.59 Å². The Balaban J connectivity index is 2.56. The van der Waals surface area contributed by atoms with Crippen LogP contribution in [0.2, 0.25) is 5.02 Å². The van der Waals surface area contributed by atoms with Crippen LogP contribution in [0.3, 0.4) is 0 Å². The van der Waals surface area contributed by atoms with Crippen LogP contribution in [0.25, 0.3) is 0 Å². The summed E-state index contributed by atoms with van der Waals surface area (Å²) in [4.78, 5) is 22.9. The first-order valence-electron chi connectivity index (χ1n) is 5.59. The molecule has 1 aromatic rings. The van der Waals surface area contributed by atoms with Gasteiger partial charge in [-0.1, -0.05) is 18.5 Å². The molecule has 0 spiro atoms. The Hall–Kier alpha value is -1.66. The SMILES string of the molecule is CC(CO)CNC(=O)C(=O)Nc1ccc(Cl)cc1F. The number of aliphatic hydroxyl groups is 1. The largest absolute Gasteiger partial charge is 0.396 e. The van der Waals surface area contributed by atoms with Crippen LogP contribution in [0.15, 0.2) is 18.2 Å². The van der Waals surface area contributed by atoms with Crippen molar-refractivity contribution in [2.45, 2.75) is 6.92 Å². The predicted octanol–water partition coefficient (Wildman–Crippen LogP) is 1.16. The van der Waals surface area contributed by atoms with Crippen LogP contribution in [0.1, 0.15) is 6.92 Å². The van der Waals surface area contributed by atoms with E-state index in [4.69, 9.17) is 16.7 Å². The van der Waals surface area contributed by atoms with Gasteiger partial charge in [0, 0.05) is 18.2 Å². The highest BCUT2D eigenvalue weighted by molar-refractivity contribution is 6.39. The first-order chi connectivity index (χ1) is 8.93. The first kappa shape index (κ1) is 15.4. The molecular formula is C12H14ClFN2O3. The lowest BCUT2D eigenvalue weighted by atomic mass is 10.2. The van der Waals surface area contributed by atoms with Crippen LogP contribution >= 0.6 is 11.6 Å². The Morgan fingerprint density at radius 2 is 2.11 bits per heavy atom. The van der Waals surface area contributed by atoms with Gasteiger partial charge in [0.05, 0.1) is 5.69 Å². The fourth-order valence-electron chi connectivity index (χ4n) is 1.18. The summed E-state index contributed by atoms with van der Waals surface area (Å²) in [7, 11) is 0. The number of hydrogen-bond donors (Lipinski definition) is 3. The molecule has 0 fully saturated rings. The Morgan fingerprint density at radius 1 is 1.42 bits per heavy atom. The molecule has 3 N–H and O–H groups in total. The molecule has 0 aliphatic heterocycles. The number of carbonyl (C=O) groups excluding carboxylic acids is 2. The summed E-state index contributed by atoms with van der Waals surface area (Å²) < 4.78 is 13.4. The van der Waals surface area contributed by atoms with Crippen LogP contribution in [0.5, 0.6) is 0 Å². The van der Waals surface area contributed by atoms with E-state index in [1.54, 1.807) is 6.92 Å². The van der Waals surface area contributed by atoms with Crippen molar-refractivity contribution in [2.75, 3.05) is 18.5 Å². The Labute approximate surface area is 114 Å². The Kier molecular flexibility index (Phi) is 5.72. The van der Waals surface area contributed by atoms with Gasteiger partial charge in [0.2, 0.25) is 0 Å². The van der Waals surface area contributed by atoms with E-state index < -0.39 is 17.6 Å². The van der Waals surface area contributed by atoms with Gasteiger partial charge in [-0.05, 0) is 24.1 Å². The quantitative estimate of drug-likeness (QED) is 0.728. The zero-order chi connectivity index (χ0) is 14.4. The molecule has 0 aliphatic carbocycles. The van der Waals surface area contributed by atoms with Gasteiger partial charge in [-0.15, -0.1) is 0 Å². The van der Waals surface area contributed by atoms with Crippen molar-refractivity contribution >= 4 is 29.1 Å². The molecule has 1 unspecified atom stereocenters. The number of amides is 2. The predicted molar refractivity (Wildman–Crippen MR) is 69.3 cm³/mol. The summed E-state index contributed by atoms with van der Waals surface area (Å²) in [5.74, 6) is -2.76. The summed E-state index contributed by atoms with van der Waals surface area (Å²) >= 11 is 5.56. The third kappa shape index (κ3) is 4.84. The van der Waals surface area contributed by atoms with Crippen molar-refractivity contribution in [1.29, 1.82) is 0 Å². The van der Waals surface area contributed by atoms with Gasteiger partial charge in [0.1, 0.15) is 5.82 Å². The average molecular weight is 289 g/mol. The van der Waals surface area contributed by atoms with Crippen molar-refractivity contribution in [2.24, 2.45) is 5.92 Å². The number of halogens is 2. The molecule has 1 atom stereocenters. The fraction of sp³-hybridized carbons (Fsp3) is 0.333. The monoisotopic (exact) mass is 288 g/mol. The fourth-order valence-corrected chi connectivity index (χ4v) is 1.34. The molecule has 1 rings (SSSR count). The third-order valence-electron chi connectivity index (χ3n) is 2.31. The van der Waals surface area contributed by atoms with Crippen LogP contribution in [0.4, 0.5) is 10.1 Å². The zero-order valence-corrected chi connectivity index (χ0v) is 11.0. The van der Waals surface area contributed by atoms with Gasteiger partial charge >= 0.3 is 11.8 Å². The molecule has 0 saturated carbocycles. The van der Waals surface area contributed by atoms with Gasteiger partial charge in [0.15, 0.2) is 0 Å². The lowest BCUT2D eigenvalue weighted by molar-refractivity contribution is -0.136. The van der Waals surface area contributed by atoms with Gasteiger partial charge in [0.25, 0.3) is 0 Å². The Morgan fingerprint density at radius 3 is 2.68 bits per heavy atom. The van der Waals surface area contributed by atoms with Crippen LogP contribution in [0, 0.1) is 11.7 Å². The van der Waals surface area contributed by atoms with Gasteiger partial charge in [-0.2, -0.15) is 0 Å². The second-order valence-electron chi connectivity index (χ2n) is 4.08. The molecule has 0 aliphatic rings. The molecule has 5 nitrogen and oxygen atoms in total. The summed E-state index contributed by atoms with van der Waals surface area (Å²) in [5.41, 5.74) is -0.125. The van der Waals surface area contributed by atoms with Crippen molar-refractivity contribution in [3.8, 4) is 0 Å². The standard InChI is InChI=1S/C12H14ClFN2O3/c1-7(6-17)5-15-11(18)12(19)16-10-3-2-8(13)4-9(10)14/h2-4,7,17H,5-6H2,1H3,(H,15,18)(H,16,19). The molecule has 0 bridgehead atoms. The summed E-state index contributed by atoms with van der Waals surface area (Å²) in [5, 5.41) is 13.4. The average Bonchev–Trinajstić information content (AvgIpc) is 2.38. The molecule has 19 heavy (non-hydrogen) atoms. The second kappa shape index (κ2) is 7.06. The second-order valence-corrected chi connectivity index (χ2v) is 4.51. The summed E-state index contributed by atoms with van der Waals surface area (Å²) in [6.07, 6.45) is 0. The van der Waals surface area contributed by atoms with E-state index in [1.165, 1.54) is 12.1 Å². The van der Waals surface area contributed by atoms with Crippen molar-refractivity contribution in [1.82, 2.24) is 5.32 Å². The first-order valence-corrected chi connectivity index (χ1v) is 5.97. The summed E-state index contributed by atoms with van der Waals surface area (Å²) in [6.45, 7) is 1.76. The summed E-state index contributed by atoms with van der Waals surface area (Å²) in [6, 6.07) is 3.69. The minimum atomic E-state index is -0.980. The van der Waals surface area contributed by atoms with E-state index in [1.807, 2.05) is 0 Å². The molecule has 0 radical (unpaired) electrons. The number of aliphatic hydroxyl groups excluding tert-OH is 1. The number of nitrogens with one attached hydrogen (secondary N) is 2. The topological polar surface area (TPSA) is 78.4 Å². The highest BCUT2D eigenvalue weighted by Gasteiger charge is 2.16. The maximum absolute atomic E-state index is 13.4. The number of anilines is 1. The minimum Gasteiger partial charge on any atom is -0.396 e. The minimum absolute atomic E-state index is 0.103. The van der Waals surface area contributed by atoms with Gasteiger partial charge in [-0.25, -0.2) is 4.39 Å². The molecule has 7 heteroatoms. The molecule has 2 amide bonds. The maximum Gasteiger partial charge on any atom is 0.313 e. The van der Waals surface area contributed by atoms with Gasteiger partial charge in [-0.3, -0.25) is 9.59 Å². The van der Waals surface area contributed by atoms with E-state index in [2.05, 4.69) is 10.6 Å². The van der Waals surface area contributed by atoms with Crippen molar-refractivity contribution < 1.29 is 19.1 Å². The van der Waals surface area contributed by atoms with Crippen LogP contribution < -0.4 is 10.6 Å². The van der Waals surface area contributed by atoms with Crippen molar-refractivity contribution in [3.63, 3.8) is 0 Å². The zero-order valence-electron chi connectivity index (χ0n) is 10.2. The molecular weight excluding hydrogens is 275 g/mol. The molecule has 0 aromatic heterocycles. The molecule has 0 saturated heterocycles. The van der Waals surface area contributed by atoms with E-state index in [0.29, 0.717) is 0 Å². The number of rotatable bonds is 4. The van der Waals surface area contributed by atoms with E-state index in [0.717, 1.165) is 6.07 Å².